The average molecular weight is 366 g/mol. The van der Waals surface area contributed by atoms with Gasteiger partial charge < -0.3 is 15.5 Å². The van der Waals surface area contributed by atoms with E-state index >= 15 is 0 Å². The highest BCUT2D eigenvalue weighted by molar-refractivity contribution is 6.07. The zero-order chi connectivity index (χ0) is 18.8. The third-order valence-corrected chi connectivity index (χ3v) is 4.58. The van der Waals surface area contributed by atoms with Crippen molar-refractivity contribution in [2.45, 2.75) is 13.0 Å². The predicted molar refractivity (Wildman–Crippen MR) is 101 cm³/mol. The molecule has 1 aliphatic heterocycles. The number of rotatable bonds is 3. The summed E-state index contributed by atoms with van der Waals surface area (Å²) in [4.78, 5) is 27.5. The Morgan fingerprint density at radius 1 is 1.30 bits per heavy atom. The van der Waals surface area contributed by atoms with Crippen molar-refractivity contribution in [3.63, 3.8) is 0 Å². The summed E-state index contributed by atoms with van der Waals surface area (Å²) in [5, 5.41) is 6.61. The molecule has 0 spiro atoms. The number of fused-ring (bicyclic) bond motifs is 1. The average Bonchev–Trinajstić information content (AvgIpc) is 2.68. The zero-order valence-corrected chi connectivity index (χ0v) is 14.8. The number of carbonyl (C=O) groups excluding carboxylic acids is 1. The van der Waals surface area contributed by atoms with Gasteiger partial charge in [0, 0.05) is 37.3 Å². The van der Waals surface area contributed by atoms with E-state index in [1.807, 2.05) is 0 Å². The van der Waals surface area contributed by atoms with E-state index in [2.05, 4.69) is 37.4 Å². The highest BCUT2D eigenvalue weighted by Crippen LogP contribution is 2.23. The Hall–Kier alpha value is -3.13. The molecule has 27 heavy (non-hydrogen) atoms. The molecule has 2 N–H and O–H groups in total. The summed E-state index contributed by atoms with van der Waals surface area (Å²) in [6, 6.07) is 6.38. The zero-order valence-electron chi connectivity index (χ0n) is 14.8. The van der Waals surface area contributed by atoms with Crippen LogP contribution in [0.25, 0.3) is 10.9 Å². The van der Waals surface area contributed by atoms with E-state index in [4.69, 9.17) is 0 Å². The van der Waals surface area contributed by atoms with Gasteiger partial charge in [-0.25, -0.2) is 14.4 Å². The molecule has 2 aromatic heterocycles. The first-order valence-electron chi connectivity index (χ1n) is 8.77. The van der Waals surface area contributed by atoms with Crippen LogP contribution in [-0.2, 0) is 0 Å². The van der Waals surface area contributed by atoms with E-state index in [-0.39, 0.29) is 5.69 Å². The minimum Gasteiger partial charge on any atom is -0.350 e. The van der Waals surface area contributed by atoms with Gasteiger partial charge in [0.05, 0.1) is 23.6 Å². The van der Waals surface area contributed by atoms with Crippen LogP contribution in [0.15, 0.2) is 42.9 Å². The van der Waals surface area contributed by atoms with Gasteiger partial charge in [-0.05, 0) is 25.1 Å². The van der Waals surface area contributed by atoms with Gasteiger partial charge in [-0.3, -0.25) is 9.78 Å². The molecular weight excluding hydrogens is 347 g/mol. The fourth-order valence-corrected chi connectivity index (χ4v) is 3.21. The lowest BCUT2D eigenvalue weighted by Gasteiger charge is -2.34. The number of benzene rings is 1. The molecule has 0 radical (unpaired) electrons. The van der Waals surface area contributed by atoms with Crippen LogP contribution in [0, 0.1) is 5.82 Å². The molecule has 138 valence electrons. The van der Waals surface area contributed by atoms with Crippen LogP contribution < -0.4 is 15.5 Å². The van der Waals surface area contributed by atoms with Crippen molar-refractivity contribution in [1.29, 1.82) is 0 Å². The lowest BCUT2D eigenvalue weighted by atomic mass is 10.2. The predicted octanol–water partition coefficient (Wildman–Crippen LogP) is 2.21. The Kier molecular flexibility index (Phi) is 4.64. The lowest BCUT2D eigenvalue weighted by Crippen LogP contribution is -2.50. The minimum absolute atomic E-state index is 0.162. The number of aromatic nitrogens is 3. The maximum absolute atomic E-state index is 13.8. The van der Waals surface area contributed by atoms with Crippen molar-refractivity contribution < 1.29 is 9.18 Å². The first kappa shape index (κ1) is 17.3. The number of piperazine rings is 1. The fraction of sp³-hybridized carbons (Fsp3) is 0.263. The molecule has 1 fully saturated rings. The van der Waals surface area contributed by atoms with Crippen molar-refractivity contribution >= 4 is 28.3 Å². The molecule has 1 saturated heterocycles. The summed E-state index contributed by atoms with van der Waals surface area (Å²) >= 11 is 0. The summed E-state index contributed by atoms with van der Waals surface area (Å²) in [5.41, 5.74) is 0.985. The van der Waals surface area contributed by atoms with Gasteiger partial charge in [-0.2, -0.15) is 0 Å². The summed E-state index contributed by atoms with van der Waals surface area (Å²) in [5.74, 6) is -0.168. The summed E-state index contributed by atoms with van der Waals surface area (Å²) in [6.45, 7) is 4.70. The Morgan fingerprint density at radius 3 is 2.96 bits per heavy atom. The van der Waals surface area contributed by atoms with Gasteiger partial charge in [0.2, 0.25) is 0 Å². The van der Waals surface area contributed by atoms with E-state index in [9.17, 15) is 9.18 Å². The van der Waals surface area contributed by atoms with Crippen molar-refractivity contribution in [1.82, 2.24) is 20.3 Å². The van der Waals surface area contributed by atoms with Crippen molar-refractivity contribution in [3.05, 3.63) is 54.4 Å². The van der Waals surface area contributed by atoms with E-state index in [1.54, 1.807) is 24.5 Å². The molecule has 8 heteroatoms. The summed E-state index contributed by atoms with van der Waals surface area (Å²) < 4.78 is 13.8. The van der Waals surface area contributed by atoms with Gasteiger partial charge in [0.25, 0.3) is 5.91 Å². The molecule has 1 atom stereocenters. The number of nitrogens with zero attached hydrogens (tertiary/aromatic N) is 4. The molecule has 0 unspecified atom stereocenters. The maximum atomic E-state index is 13.8. The number of hydrogen-bond acceptors (Lipinski definition) is 6. The molecule has 0 bridgehead atoms. The Bertz CT molecular complexity index is 978. The number of halogens is 1. The van der Waals surface area contributed by atoms with Crippen LogP contribution in [0.4, 0.5) is 15.9 Å². The second-order valence-corrected chi connectivity index (χ2v) is 6.49. The third kappa shape index (κ3) is 3.56. The van der Waals surface area contributed by atoms with Crippen molar-refractivity contribution in [2.24, 2.45) is 0 Å². The molecule has 3 aromatic rings. The standard InChI is InChI=1S/C19H19FN6O/c1-12-9-21-5-6-26(12)17-11-23-16(10-24-17)19(27)25-15-8-14(20)7-13-3-2-4-22-18(13)15/h2-4,7-8,10-12,21H,5-6,9H2,1H3,(H,25,27)/t12-/m1/s1. The molecule has 1 aliphatic rings. The largest absolute Gasteiger partial charge is 0.350 e. The van der Waals surface area contributed by atoms with E-state index < -0.39 is 11.7 Å². The molecule has 3 heterocycles. The molecule has 1 amide bonds. The normalized spacial score (nSPS) is 17.1. The Morgan fingerprint density at radius 2 is 2.19 bits per heavy atom. The molecule has 0 saturated carbocycles. The number of hydrogen-bond donors (Lipinski definition) is 2. The summed E-state index contributed by atoms with van der Waals surface area (Å²) in [6.07, 6.45) is 4.63. The van der Waals surface area contributed by atoms with Crippen LogP contribution in [0.2, 0.25) is 0 Å². The SMILES string of the molecule is C[C@@H]1CNCCN1c1cnc(C(=O)Nc2cc(F)cc3cccnc23)cn1. The van der Waals surface area contributed by atoms with Crippen molar-refractivity contribution in [3.8, 4) is 0 Å². The number of carbonyl (C=O) groups is 1. The molecular formula is C19H19FN6O. The molecule has 4 rings (SSSR count). The Labute approximate surface area is 155 Å². The monoisotopic (exact) mass is 366 g/mol. The summed E-state index contributed by atoms with van der Waals surface area (Å²) in [7, 11) is 0. The number of amides is 1. The minimum atomic E-state index is -0.458. The number of pyridine rings is 1. The van der Waals surface area contributed by atoms with Crippen LogP contribution in [0.3, 0.4) is 0 Å². The molecule has 7 nitrogen and oxygen atoms in total. The lowest BCUT2D eigenvalue weighted by molar-refractivity contribution is 0.102. The maximum Gasteiger partial charge on any atom is 0.275 e. The van der Waals surface area contributed by atoms with Crippen LogP contribution in [0.1, 0.15) is 17.4 Å². The van der Waals surface area contributed by atoms with Gasteiger partial charge in [0.1, 0.15) is 17.3 Å². The Balaban J connectivity index is 1.55. The fourth-order valence-electron chi connectivity index (χ4n) is 3.21. The topological polar surface area (TPSA) is 83.0 Å². The second-order valence-electron chi connectivity index (χ2n) is 6.49. The smallest absolute Gasteiger partial charge is 0.275 e. The van der Waals surface area contributed by atoms with E-state index in [1.165, 1.54) is 18.3 Å². The first-order valence-corrected chi connectivity index (χ1v) is 8.77. The van der Waals surface area contributed by atoms with Gasteiger partial charge >= 0.3 is 0 Å². The van der Waals surface area contributed by atoms with Crippen LogP contribution in [0.5, 0.6) is 0 Å². The van der Waals surface area contributed by atoms with Gasteiger partial charge in [-0.1, -0.05) is 6.07 Å². The van der Waals surface area contributed by atoms with Gasteiger partial charge in [-0.15, -0.1) is 0 Å². The first-order chi connectivity index (χ1) is 13.1. The quantitative estimate of drug-likeness (QED) is 0.740. The van der Waals surface area contributed by atoms with Gasteiger partial charge in [0.15, 0.2) is 0 Å². The third-order valence-electron chi connectivity index (χ3n) is 4.58. The molecule has 1 aromatic carbocycles. The number of anilines is 2. The molecule has 0 aliphatic carbocycles. The second kappa shape index (κ2) is 7.24. The number of nitrogens with one attached hydrogen (secondary N) is 2. The van der Waals surface area contributed by atoms with Crippen LogP contribution in [-0.4, -0.2) is 46.5 Å². The van der Waals surface area contributed by atoms with E-state index in [0.29, 0.717) is 22.6 Å². The highest BCUT2D eigenvalue weighted by atomic mass is 19.1. The van der Waals surface area contributed by atoms with E-state index in [0.717, 1.165) is 25.5 Å². The van der Waals surface area contributed by atoms with Crippen LogP contribution >= 0.6 is 0 Å². The van der Waals surface area contributed by atoms with Crippen molar-refractivity contribution in [2.75, 3.05) is 29.9 Å². The highest BCUT2D eigenvalue weighted by Gasteiger charge is 2.20.